The molecule has 0 radical (unpaired) electrons. The smallest absolute Gasteiger partial charge is 0.315 e. The van der Waals surface area contributed by atoms with Gasteiger partial charge in [-0.05, 0) is 56.2 Å². The molecule has 1 aromatic rings. The maximum Gasteiger partial charge on any atom is 0.315 e. The molecule has 1 aromatic carbocycles. The van der Waals surface area contributed by atoms with Gasteiger partial charge >= 0.3 is 6.03 Å². The van der Waals surface area contributed by atoms with Crippen LogP contribution >= 0.6 is 0 Å². The lowest BCUT2D eigenvalue weighted by molar-refractivity contribution is 0.229. The molecule has 1 saturated heterocycles. The minimum Gasteiger partial charge on any atom is -0.371 e. The summed E-state index contributed by atoms with van der Waals surface area (Å²) < 4.78 is 0. The zero-order valence-electron chi connectivity index (χ0n) is 15.8. The second-order valence-corrected chi connectivity index (χ2v) is 7.96. The highest BCUT2D eigenvalue weighted by Crippen LogP contribution is 2.24. The van der Waals surface area contributed by atoms with Gasteiger partial charge in [0.2, 0.25) is 0 Å². The fraction of sp³-hybridized carbons (Fsp3) is 0.667. The number of carbonyl (C=O) groups excluding carboxylic acids is 1. The predicted molar refractivity (Wildman–Crippen MR) is 104 cm³/mol. The van der Waals surface area contributed by atoms with Crippen LogP contribution in [-0.4, -0.2) is 25.2 Å². The standard InChI is InChI=1S/C21H33N3O/c1-16-7-6-14-24(15-16)20-12-10-18(11-13-20)17(2)22-21(25)23-19-8-4-3-5-9-19/h10-13,16-17,19H,3-9,14-15H2,1-2H3,(H2,22,23,25)/t16-,17+/m1/s1. The topological polar surface area (TPSA) is 44.4 Å². The molecule has 1 saturated carbocycles. The van der Waals surface area contributed by atoms with E-state index in [0.717, 1.165) is 37.4 Å². The number of anilines is 1. The van der Waals surface area contributed by atoms with Crippen molar-refractivity contribution in [2.45, 2.75) is 70.9 Å². The van der Waals surface area contributed by atoms with E-state index in [1.165, 1.54) is 37.8 Å². The average Bonchev–Trinajstić information content (AvgIpc) is 2.62. The normalized spacial score (nSPS) is 23.1. The molecule has 2 fully saturated rings. The Labute approximate surface area is 152 Å². The summed E-state index contributed by atoms with van der Waals surface area (Å²) in [4.78, 5) is 14.7. The van der Waals surface area contributed by atoms with E-state index in [9.17, 15) is 4.79 Å². The monoisotopic (exact) mass is 343 g/mol. The summed E-state index contributed by atoms with van der Waals surface area (Å²) in [6, 6.07) is 9.05. The highest BCUT2D eigenvalue weighted by atomic mass is 16.2. The number of hydrogen-bond donors (Lipinski definition) is 2. The number of hydrogen-bond acceptors (Lipinski definition) is 2. The molecule has 1 heterocycles. The number of nitrogens with one attached hydrogen (secondary N) is 2. The van der Waals surface area contributed by atoms with E-state index in [1.54, 1.807) is 0 Å². The number of nitrogens with zero attached hydrogens (tertiary/aromatic N) is 1. The van der Waals surface area contributed by atoms with Crippen molar-refractivity contribution >= 4 is 11.7 Å². The van der Waals surface area contributed by atoms with E-state index in [2.05, 4.69) is 53.6 Å². The largest absolute Gasteiger partial charge is 0.371 e. The van der Waals surface area contributed by atoms with E-state index in [-0.39, 0.29) is 12.1 Å². The molecule has 0 spiro atoms. The Balaban J connectivity index is 1.51. The van der Waals surface area contributed by atoms with Crippen LogP contribution in [0.1, 0.15) is 70.4 Å². The van der Waals surface area contributed by atoms with Gasteiger partial charge in [0.1, 0.15) is 0 Å². The van der Waals surface area contributed by atoms with Crippen LogP contribution in [0, 0.1) is 5.92 Å². The van der Waals surface area contributed by atoms with Gasteiger partial charge in [-0.15, -0.1) is 0 Å². The van der Waals surface area contributed by atoms with Crippen molar-refractivity contribution in [2.24, 2.45) is 5.92 Å². The first-order valence-electron chi connectivity index (χ1n) is 10.0. The van der Waals surface area contributed by atoms with Crippen LogP contribution in [-0.2, 0) is 0 Å². The van der Waals surface area contributed by atoms with Crippen LogP contribution in [0.4, 0.5) is 10.5 Å². The van der Waals surface area contributed by atoms with E-state index in [0.29, 0.717) is 6.04 Å². The van der Waals surface area contributed by atoms with Crippen molar-refractivity contribution in [1.82, 2.24) is 10.6 Å². The first-order chi connectivity index (χ1) is 12.1. The molecule has 4 heteroatoms. The molecule has 3 rings (SSSR count). The van der Waals surface area contributed by atoms with Gasteiger partial charge < -0.3 is 15.5 Å². The van der Waals surface area contributed by atoms with Crippen LogP contribution in [0.2, 0.25) is 0 Å². The molecule has 0 unspecified atom stereocenters. The third kappa shape index (κ3) is 5.13. The molecule has 25 heavy (non-hydrogen) atoms. The summed E-state index contributed by atoms with van der Waals surface area (Å²) >= 11 is 0. The maximum atomic E-state index is 12.2. The first-order valence-corrected chi connectivity index (χ1v) is 10.0. The summed E-state index contributed by atoms with van der Waals surface area (Å²) in [5.41, 5.74) is 2.46. The molecular formula is C21H33N3O. The molecule has 2 N–H and O–H groups in total. The van der Waals surface area contributed by atoms with Crippen molar-refractivity contribution in [3.8, 4) is 0 Å². The minimum absolute atomic E-state index is 0.0259. The Bertz CT molecular complexity index is 551. The number of urea groups is 1. The van der Waals surface area contributed by atoms with Gasteiger partial charge in [0.15, 0.2) is 0 Å². The van der Waals surface area contributed by atoms with Crippen molar-refractivity contribution < 1.29 is 4.79 Å². The summed E-state index contributed by atoms with van der Waals surface area (Å²) in [6.45, 7) is 6.69. The zero-order valence-corrected chi connectivity index (χ0v) is 15.8. The fourth-order valence-corrected chi connectivity index (χ4v) is 4.15. The Morgan fingerprint density at radius 3 is 2.48 bits per heavy atom. The highest BCUT2D eigenvalue weighted by molar-refractivity contribution is 5.74. The summed E-state index contributed by atoms with van der Waals surface area (Å²) in [6.07, 6.45) is 8.62. The SMILES string of the molecule is C[C@@H]1CCCN(c2ccc([C@H](C)NC(=O)NC3CCCCC3)cc2)C1. The highest BCUT2D eigenvalue weighted by Gasteiger charge is 2.18. The summed E-state index contributed by atoms with van der Waals surface area (Å²) in [7, 11) is 0. The zero-order chi connectivity index (χ0) is 17.6. The van der Waals surface area contributed by atoms with Crippen LogP contribution in [0.25, 0.3) is 0 Å². The Kier molecular flexibility index (Phi) is 6.22. The minimum atomic E-state index is -0.0340. The molecule has 1 aliphatic heterocycles. The molecule has 2 aliphatic rings. The number of amides is 2. The van der Waals surface area contributed by atoms with E-state index >= 15 is 0 Å². The van der Waals surface area contributed by atoms with Crippen LogP contribution in [0.15, 0.2) is 24.3 Å². The molecule has 138 valence electrons. The first kappa shape index (κ1) is 18.1. The lowest BCUT2D eigenvalue weighted by atomic mass is 9.96. The maximum absolute atomic E-state index is 12.2. The Morgan fingerprint density at radius 1 is 1.08 bits per heavy atom. The van der Waals surface area contributed by atoms with Gasteiger partial charge in [-0.2, -0.15) is 0 Å². The fourth-order valence-electron chi connectivity index (χ4n) is 4.15. The molecular weight excluding hydrogens is 310 g/mol. The van der Waals surface area contributed by atoms with E-state index in [1.807, 2.05) is 0 Å². The number of rotatable bonds is 4. The van der Waals surface area contributed by atoms with Gasteiger partial charge in [-0.25, -0.2) is 4.79 Å². The van der Waals surface area contributed by atoms with Gasteiger partial charge in [0.05, 0.1) is 6.04 Å². The van der Waals surface area contributed by atoms with Gasteiger partial charge in [0, 0.05) is 24.8 Å². The lowest BCUT2D eigenvalue weighted by Crippen LogP contribution is -2.43. The third-order valence-corrected chi connectivity index (χ3v) is 5.70. The Morgan fingerprint density at radius 2 is 1.80 bits per heavy atom. The van der Waals surface area contributed by atoms with Crippen LogP contribution < -0.4 is 15.5 Å². The van der Waals surface area contributed by atoms with Crippen molar-refractivity contribution in [3.05, 3.63) is 29.8 Å². The third-order valence-electron chi connectivity index (χ3n) is 5.70. The Hall–Kier alpha value is -1.71. The molecule has 4 nitrogen and oxygen atoms in total. The summed E-state index contributed by atoms with van der Waals surface area (Å²) in [5, 5.41) is 6.22. The number of carbonyl (C=O) groups is 1. The van der Waals surface area contributed by atoms with Gasteiger partial charge in [0.25, 0.3) is 0 Å². The van der Waals surface area contributed by atoms with Crippen molar-refractivity contribution in [2.75, 3.05) is 18.0 Å². The van der Waals surface area contributed by atoms with Crippen LogP contribution in [0.3, 0.4) is 0 Å². The van der Waals surface area contributed by atoms with Crippen LogP contribution in [0.5, 0.6) is 0 Å². The second-order valence-electron chi connectivity index (χ2n) is 7.96. The van der Waals surface area contributed by atoms with Crippen molar-refractivity contribution in [1.29, 1.82) is 0 Å². The molecule has 2 atom stereocenters. The average molecular weight is 344 g/mol. The molecule has 0 aromatic heterocycles. The lowest BCUT2D eigenvalue weighted by Gasteiger charge is -2.33. The van der Waals surface area contributed by atoms with Crippen molar-refractivity contribution in [3.63, 3.8) is 0 Å². The number of benzene rings is 1. The van der Waals surface area contributed by atoms with E-state index in [4.69, 9.17) is 0 Å². The molecule has 2 amide bonds. The van der Waals surface area contributed by atoms with E-state index < -0.39 is 0 Å². The quantitative estimate of drug-likeness (QED) is 0.838. The molecule has 0 bridgehead atoms. The predicted octanol–water partition coefficient (Wildman–Crippen LogP) is 4.62. The summed E-state index contributed by atoms with van der Waals surface area (Å²) in [5.74, 6) is 0.775. The van der Waals surface area contributed by atoms with Gasteiger partial charge in [-0.1, -0.05) is 38.3 Å². The van der Waals surface area contributed by atoms with Gasteiger partial charge in [-0.3, -0.25) is 0 Å². The number of piperidine rings is 1. The second kappa shape index (κ2) is 8.59. The molecule has 1 aliphatic carbocycles.